The largest absolute Gasteiger partial charge is 0.327 e. The molecule has 0 aromatic heterocycles. The van der Waals surface area contributed by atoms with Crippen LogP contribution in [0.5, 0.6) is 0 Å². The van der Waals surface area contributed by atoms with Gasteiger partial charge in [-0.15, -0.1) is 0 Å². The predicted molar refractivity (Wildman–Crippen MR) is 55.7 cm³/mol. The van der Waals surface area contributed by atoms with Crippen molar-refractivity contribution in [2.75, 3.05) is 0 Å². The van der Waals surface area contributed by atoms with Crippen LogP contribution in [0.3, 0.4) is 0 Å². The fraction of sp³-hybridized carbons (Fsp3) is 0.500. The molecule has 0 bridgehead atoms. The van der Waals surface area contributed by atoms with Crippen LogP contribution in [0.2, 0.25) is 0 Å². The standard InChI is InChI=1S/C12H16FN/c1-8(14)11-4-2-3-9-5-6-10(13)7-12(9)11/h5-8,11H,2-4,14H2,1H3. The molecule has 1 aromatic carbocycles. The minimum atomic E-state index is -0.142. The Bertz CT molecular complexity index is 333. The summed E-state index contributed by atoms with van der Waals surface area (Å²) in [5, 5.41) is 0. The molecule has 2 heteroatoms. The van der Waals surface area contributed by atoms with Gasteiger partial charge in [0.25, 0.3) is 0 Å². The van der Waals surface area contributed by atoms with E-state index in [2.05, 4.69) is 0 Å². The molecule has 2 unspecified atom stereocenters. The molecule has 0 amide bonds. The number of hydrogen-bond acceptors (Lipinski definition) is 1. The van der Waals surface area contributed by atoms with E-state index in [4.69, 9.17) is 5.73 Å². The third-order valence-corrected chi connectivity index (χ3v) is 3.10. The molecule has 1 aliphatic carbocycles. The zero-order valence-electron chi connectivity index (χ0n) is 8.46. The van der Waals surface area contributed by atoms with Crippen molar-refractivity contribution in [3.05, 3.63) is 35.1 Å². The van der Waals surface area contributed by atoms with Crippen molar-refractivity contribution in [3.8, 4) is 0 Å². The normalized spacial score (nSPS) is 22.9. The minimum absolute atomic E-state index is 0.121. The summed E-state index contributed by atoms with van der Waals surface area (Å²) in [4.78, 5) is 0. The average molecular weight is 193 g/mol. The second kappa shape index (κ2) is 3.70. The van der Waals surface area contributed by atoms with Gasteiger partial charge in [0.15, 0.2) is 0 Å². The second-order valence-corrected chi connectivity index (χ2v) is 4.20. The van der Waals surface area contributed by atoms with Crippen molar-refractivity contribution >= 4 is 0 Å². The number of hydrogen-bond donors (Lipinski definition) is 1. The molecule has 76 valence electrons. The molecular formula is C12H16FN. The van der Waals surface area contributed by atoms with Crippen molar-refractivity contribution in [1.29, 1.82) is 0 Å². The Balaban J connectivity index is 2.41. The van der Waals surface area contributed by atoms with Crippen LogP contribution in [0.4, 0.5) is 4.39 Å². The van der Waals surface area contributed by atoms with Crippen molar-refractivity contribution in [2.45, 2.75) is 38.1 Å². The highest BCUT2D eigenvalue weighted by molar-refractivity contribution is 5.34. The fourth-order valence-corrected chi connectivity index (χ4v) is 2.35. The van der Waals surface area contributed by atoms with E-state index in [1.807, 2.05) is 13.0 Å². The topological polar surface area (TPSA) is 26.0 Å². The van der Waals surface area contributed by atoms with Gasteiger partial charge in [-0.25, -0.2) is 4.39 Å². The second-order valence-electron chi connectivity index (χ2n) is 4.20. The zero-order chi connectivity index (χ0) is 10.1. The molecule has 1 aromatic rings. The van der Waals surface area contributed by atoms with Crippen LogP contribution >= 0.6 is 0 Å². The van der Waals surface area contributed by atoms with Crippen LogP contribution in [0.25, 0.3) is 0 Å². The van der Waals surface area contributed by atoms with E-state index in [1.54, 1.807) is 12.1 Å². The monoisotopic (exact) mass is 193 g/mol. The van der Waals surface area contributed by atoms with Crippen LogP contribution in [0.1, 0.15) is 36.8 Å². The lowest BCUT2D eigenvalue weighted by molar-refractivity contribution is 0.480. The Morgan fingerprint density at radius 1 is 1.50 bits per heavy atom. The quantitative estimate of drug-likeness (QED) is 0.729. The Hall–Kier alpha value is -0.890. The summed E-state index contributed by atoms with van der Waals surface area (Å²) in [6.07, 6.45) is 3.33. The highest BCUT2D eigenvalue weighted by atomic mass is 19.1. The summed E-state index contributed by atoms with van der Waals surface area (Å²) in [6, 6.07) is 5.22. The van der Waals surface area contributed by atoms with Crippen LogP contribution in [-0.2, 0) is 6.42 Å². The Morgan fingerprint density at radius 2 is 2.29 bits per heavy atom. The molecule has 0 radical (unpaired) electrons. The number of benzene rings is 1. The molecule has 0 saturated heterocycles. The fourth-order valence-electron chi connectivity index (χ4n) is 2.35. The van der Waals surface area contributed by atoms with Crippen molar-refractivity contribution in [1.82, 2.24) is 0 Å². The summed E-state index contributed by atoms with van der Waals surface area (Å²) in [5.74, 6) is 0.200. The maximum atomic E-state index is 13.1. The molecule has 0 aliphatic heterocycles. The molecule has 2 atom stereocenters. The number of rotatable bonds is 1. The van der Waals surface area contributed by atoms with Gasteiger partial charge in [-0.2, -0.15) is 0 Å². The SMILES string of the molecule is CC(N)C1CCCc2ccc(F)cc21. The van der Waals surface area contributed by atoms with E-state index < -0.39 is 0 Å². The van der Waals surface area contributed by atoms with Crippen LogP contribution in [-0.4, -0.2) is 6.04 Å². The lowest BCUT2D eigenvalue weighted by Crippen LogP contribution is -2.27. The van der Waals surface area contributed by atoms with Crippen molar-refractivity contribution in [3.63, 3.8) is 0 Å². The van der Waals surface area contributed by atoms with Gasteiger partial charge in [0.05, 0.1) is 0 Å². The highest BCUT2D eigenvalue weighted by Crippen LogP contribution is 2.33. The van der Waals surface area contributed by atoms with Gasteiger partial charge in [-0.05, 0) is 55.4 Å². The summed E-state index contributed by atoms with van der Waals surface area (Å²) < 4.78 is 13.1. The first kappa shape index (κ1) is 9.66. The molecule has 1 nitrogen and oxygen atoms in total. The summed E-state index contributed by atoms with van der Waals surface area (Å²) >= 11 is 0. The van der Waals surface area contributed by atoms with E-state index in [0.717, 1.165) is 18.4 Å². The molecular weight excluding hydrogens is 177 g/mol. The Morgan fingerprint density at radius 3 is 3.00 bits per heavy atom. The molecule has 0 heterocycles. The molecule has 0 fully saturated rings. The maximum absolute atomic E-state index is 13.1. The smallest absolute Gasteiger partial charge is 0.123 e. The molecule has 0 spiro atoms. The molecule has 1 aliphatic rings. The van der Waals surface area contributed by atoms with E-state index >= 15 is 0 Å². The van der Waals surface area contributed by atoms with Gasteiger partial charge >= 0.3 is 0 Å². The number of aryl methyl sites for hydroxylation is 1. The predicted octanol–water partition coefficient (Wildman–Crippen LogP) is 2.59. The third-order valence-electron chi connectivity index (χ3n) is 3.10. The van der Waals surface area contributed by atoms with Crippen molar-refractivity contribution in [2.24, 2.45) is 5.73 Å². The van der Waals surface area contributed by atoms with Crippen LogP contribution in [0.15, 0.2) is 18.2 Å². The van der Waals surface area contributed by atoms with Gasteiger partial charge < -0.3 is 5.73 Å². The number of nitrogens with two attached hydrogens (primary N) is 1. The van der Waals surface area contributed by atoms with Gasteiger partial charge in [0.2, 0.25) is 0 Å². The summed E-state index contributed by atoms with van der Waals surface area (Å²) in [5.41, 5.74) is 8.32. The summed E-state index contributed by atoms with van der Waals surface area (Å²) in [7, 11) is 0. The van der Waals surface area contributed by atoms with E-state index in [-0.39, 0.29) is 11.9 Å². The van der Waals surface area contributed by atoms with Gasteiger partial charge in [-0.1, -0.05) is 6.07 Å². The third kappa shape index (κ3) is 1.67. The van der Waals surface area contributed by atoms with Gasteiger partial charge in [0, 0.05) is 6.04 Å². The van der Waals surface area contributed by atoms with Gasteiger partial charge in [0.1, 0.15) is 5.82 Å². The Labute approximate surface area is 84.1 Å². The number of fused-ring (bicyclic) bond motifs is 1. The minimum Gasteiger partial charge on any atom is -0.327 e. The lowest BCUT2D eigenvalue weighted by Gasteiger charge is -2.28. The zero-order valence-corrected chi connectivity index (χ0v) is 8.46. The van der Waals surface area contributed by atoms with E-state index in [1.165, 1.54) is 12.0 Å². The first-order valence-electron chi connectivity index (χ1n) is 5.22. The van der Waals surface area contributed by atoms with Crippen molar-refractivity contribution < 1.29 is 4.39 Å². The first-order chi connectivity index (χ1) is 6.68. The number of halogens is 1. The maximum Gasteiger partial charge on any atom is 0.123 e. The van der Waals surface area contributed by atoms with E-state index in [0.29, 0.717) is 5.92 Å². The van der Waals surface area contributed by atoms with E-state index in [9.17, 15) is 4.39 Å². The first-order valence-corrected chi connectivity index (χ1v) is 5.22. The Kier molecular flexibility index (Phi) is 2.55. The average Bonchev–Trinajstić information content (AvgIpc) is 2.16. The lowest BCUT2D eigenvalue weighted by atomic mass is 9.79. The molecule has 2 N–H and O–H groups in total. The molecule has 0 saturated carbocycles. The molecule has 14 heavy (non-hydrogen) atoms. The highest BCUT2D eigenvalue weighted by Gasteiger charge is 2.23. The van der Waals surface area contributed by atoms with Gasteiger partial charge in [-0.3, -0.25) is 0 Å². The van der Waals surface area contributed by atoms with Crippen LogP contribution < -0.4 is 5.73 Å². The molecule has 2 rings (SSSR count). The summed E-state index contributed by atoms with van der Waals surface area (Å²) in [6.45, 7) is 2.00. The van der Waals surface area contributed by atoms with Crippen LogP contribution in [0, 0.1) is 5.82 Å².